The molecule has 0 unspecified atom stereocenters. The van der Waals surface area contributed by atoms with Crippen LogP contribution in [0.3, 0.4) is 0 Å². The van der Waals surface area contributed by atoms with Crippen LogP contribution in [0, 0.1) is 0 Å². The van der Waals surface area contributed by atoms with E-state index in [1.165, 1.54) is 0 Å². The van der Waals surface area contributed by atoms with Gasteiger partial charge < -0.3 is 16.0 Å². The third-order valence-corrected chi connectivity index (χ3v) is 3.49. The van der Waals surface area contributed by atoms with Crippen LogP contribution in [0.5, 0.6) is 0 Å². The van der Waals surface area contributed by atoms with Gasteiger partial charge in [0, 0.05) is 28.4 Å². The molecule has 0 saturated carbocycles. The number of carbonyl (C=O) groups is 2. The number of hydrogen-bond acceptors (Lipinski definition) is 3. The number of hydrogen-bond donors (Lipinski definition) is 2. The van der Waals surface area contributed by atoms with Crippen molar-refractivity contribution in [3.05, 3.63) is 64.2 Å². The van der Waals surface area contributed by atoms with Gasteiger partial charge in [-0.15, -0.1) is 0 Å². The fourth-order valence-electron chi connectivity index (χ4n) is 2.12. The summed E-state index contributed by atoms with van der Waals surface area (Å²) < 4.78 is 0. The summed E-state index contributed by atoms with van der Waals surface area (Å²) in [6.45, 7) is 0.620. The minimum Gasteiger partial charge on any atom is -0.366 e. The Labute approximate surface area is 140 Å². The molecule has 23 heavy (non-hydrogen) atoms. The molecule has 2 rings (SSSR count). The first-order chi connectivity index (χ1) is 10.9. The third-order valence-electron chi connectivity index (χ3n) is 3.24. The lowest BCUT2D eigenvalue weighted by atomic mass is 10.1. The molecule has 0 heterocycles. The summed E-state index contributed by atoms with van der Waals surface area (Å²) in [7, 11) is 3.85. The van der Waals surface area contributed by atoms with E-state index in [0.717, 1.165) is 5.56 Å². The molecule has 2 aromatic carbocycles. The number of nitrogens with one attached hydrogen (secondary N) is 1. The van der Waals surface area contributed by atoms with Gasteiger partial charge in [-0.3, -0.25) is 9.59 Å². The molecule has 0 saturated heterocycles. The van der Waals surface area contributed by atoms with Gasteiger partial charge in [-0.05, 0) is 56.1 Å². The number of nitrogens with two attached hydrogens (primary N) is 1. The van der Waals surface area contributed by atoms with Crippen LogP contribution in [0.15, 0.2) is 42.5 Å². The zero-order valence-electron chi connectivity index (χ0n) is 13.0. The molecule has 0 spiro atoms. The Bertz CT molecular complexity index is 727. The van der Waals surface area contributed by atoms with Crippen molar-refractivity contribution in [2.75, 3.05) is 19.4 Å². The van der Waals surface area contributed by atoms with Gasteiger partial charge in [0.25, 0.3) is 5.91 Å². The number of amides is 2. The van der Waals surface area contributed by atoms with E-state index in [1.807, 2.05) is 19.0 Å². The van der Waals surface area contributed by atoms with Crippen LogP contribution in [-0.4, -0.2) is 30.8 Å². The molecule has 6 heteroatoms. The molecule has 0 aliphatic rings. The Morgan fingerprint density at radius 2 is 1.70 bits per heavy atom. The Morgan fingerprint density at radius 1 is 1.09 bits per heavy atom. The number of nitrogens with zero attached hydrogens (tertiary/aromatic N) is 1. The lowest BCUT2D eigenvalue weighted by Crippen LogP contribution is -2.18. The second kappa shape index (κ2) is 7.26. The molecule has 0 aliphatic carbocycles. The topological polar surface area (TPSA) is 75.4 Å². The van der Waals surface area contributed by atoms with E-state index in [-0.39, 0.29) is 5.91 Å². The van der Waals surface area contributed by atoms with Crippen LogP contribution in [0.4, 0.5) is 5.69 Å². The van der Waals surface area contributed by atoms with Crippen LogP contribution in [0.1, 0.15) is 26.3 Å². The summed E-state index contributed by atoms with van der Waals surface area (Å²) in [5.41, 5.74) is 7.60. The monoisotopic (exact) mass is 331 g/mol. The van der Waals surface area contributed by atoms with Crippen molar-refractivity contribution in [2.45, 2.75) is 6.54 Å². The predicted octanol–water partition coefficient (Wildman–Crippen LogP) is 2.75. The zero-order chi connectivity index (χ0) is 17.0. The van der Waals surface area contributed by atoms with E-state index >= 15 is 0 Å². The average Bonchev–Trinajstić information content (AvgIpc) is 2.49. The normalized spacial score (nSPS) is 10.6. The zero-order valence-corrected chi connectivity index (χ0v) is 13.7. The molecule has 0 aliphatic heterocycles. The maximum absolute atomic E-state index is 12.4. The van der Waals surface area contributed by atoms with Crippen molar-refractivity contribution < 1.29 is 9.59 Å². The molecular formula is C17H18ClN3O2. The van der Waals surface area contributed by atoms with E-state index < -0.39 is 5.91 Å². The van der Waals surface area contributed by atoms with Gasteiger partial charge in [0.1, 0.15) is 0 Å². The first-order valence-electron chi connectivity index (χ1n) is 7.01. The molecule has 0 radical (unpaired) electrons. The van der Waals surface area contributed by atoms with E-state index in [4.69, 9.17) is 17.3 Å². The maximum atomic E-state index is 12.4. The van der Waals surface area contributed by atoms with Crippen LogP contribution in [-0.2, 0) is 6.54 Å². The molecule has 0 aromatic heterocycles. The Kier molecular flexibility index (Phi) is 5.36. The van der Waals surface area contributed by atoms with Gasteiger partial charge in [-0.1, -0.05) is 17.7 Å². The van der Waals surface area contributed by atoms with Crippen LogP contribution in [0.2, 0.25) is 5.02 Å². The van der Waals surface area contributed by atoms with Crippen molar-refractivity contribution in [1.29, 1.82) is 0 Å². The molecule has 120 valence electrons. The molecule has 0 fully saturated rings. The van der Waals surface area contributed by atoms with Gasteiger partial charge >= 0.3 is 0 Å². The summed E-state index contributed by atoms with van der Waals surface area (Å²) >= 11 is 5.83. The lowest BCUT2D eigenvalue weighted by molar-refractivity contribution is 0.0996. The van der Waals surface area contributed by atoms with Crippen molar-refractivity contribution in [3.63, 3.8) is 0 Å². The number of carbonyl (C=O) groups excluding carboxylic acids is 2. The van der Waals surface area contributed by atoms with Gasteiger partial charge in [-0.25, -0.2) is 0 Å². The lowest BCUT2D eigenvalue weighted by Gasteiger charge is -2.16. The highest BCUT2D eigenvalue weighted by Gasteiger charge is 2.12. The Hall–Kier alpha value is -2.37. The highest BCUT2D eigenvalue weighted by molar-refractivity contribution is 6.30. The molecule has 3 N–H and O–H groups in total. The van der Waals surface area contributed by atoms with Crippen LogP contribution in [0.25, 0.3) is 0 Å². The quantitative estimate of drug-likeness (QED) is 0.884. The Morgan fingerprint density at radius 3 is 2.26 bits per heavy atom. The second-order valence-corrected chi connectivity index (χ2v) is 5.87. The van der Waals surface area contributed by atoms with E-state index in [1.54, 1.807) is 42.5 Å². The Balaban J connectivity index is 2.31. The number of rotatable bonds is 5. The summed E-state index contributed by atoms with van der Waals surface area (Å²) in [6.07, 6.45) is 0. The third kappa shape index (κ3) is 4.55. The van der Waals surface area contributed by atoms with Crippen molar-refractivity contribution in [3.8, 4) is 0 Å². The minimum atomic E-state index is -0.539. The van der Waals surface area contributed by atoms with Crippen molar-refractivity contribution in [2.24, 2.45) is 5.73 Å². The first kappa shape index (κ1) is 17.0. The smallest absolute Gasteiger partial charge is 0.255 e. The molecule has 2 aromatic rings. The highest BCUT2D eigenvalue weighted by Crippen LogP contribution is 2.20. The predicted molar refractivity (Wildman–Crippen MR) is 91.8 cm³/mol. The highest BCUT2D eigenvalue weighted by atomic mass is 35.5. The summed E-state index contributed by atoms with van der Waals surface area (Å²) in [6, 6.07) is 11.6. The van der Waals surface area contributed by atoms with Gasteiger partial charge in [0.2, 0.25) is 5.91 Å². The van der Waals surface area contributed by atoms with E-state index in [0.29, 0.717) is 28.4 Å². The van der Waals surface area contributed by atoms with Crippen LogP contribution >= 0.6 is 11.6 Å². The molecule has 0 atom stereocenters. The molecular weight excluding hydrogens is 314 g/mol. The SMILES string of the molecule is CN(C)Cc1ccc(C(N)=O)cc1NC(=O)c1ccc(Cl)cc1. The number of anilines is 1. The van der Waals surface area contributed by atoms with Crippen molar-refractivity contribution >= 4 is 29.1 Å². The fraction of sp³-hybridized carbons (Fsp3) is 0.176. The number of halogens is 1. The molecule has 0 bridgehead atoms. The number of primary amides is 1. The van der Waals surface area contributed by atoms with E-state index in [9.17, 15) is 9.59 Å². The van der Waals surface area contributed by atoms with Crippen molar-refractivity contribution in [1.82, 2.24) is 4.90 Å². The second-order valence-electron chi connectivity index (χ2n) is 5.43. The average molecular weight is 332 g/mol. The summed E-state index contributed by atoms with van der Waals surface area (Å²) in [5, 5.41) is 3.39. The van der Waals surface area contributed by atoms with Gasteiger partial charge in [0.15, 0.2) is 0 Å². The fourth-order valence-corrected chi connectivity index (χ4v) is 2.25. The summed E-state index contributed by atoms with van der Waals surface area (Å²) in [5.74, 6) is -0.813. The summed E-state index contributed by atoms with van der Waals surface area (Å²) in [4.78, 5) is 25.7. The standard InChI is InChI=1S/C17H18ClN3O2/c1-21(2)10-13-4-3-12(16(19)22)9-15(13)20-17(23)11-5-7-14(18)8-6-11/h3-9H,10H2,1-2H3,(H2,19,22)(H,20,23). The first-order valence-corrected chi connectivity index (χ1v) is 7.39. The number of benzene rings is 2. The van der Waals surface area contributed by atoms with Gasteiger partial charge in [0.05, 0.1) is 0 Å². The molecule has 5 nitrogen and oxygen atoms in total. The van der Waals surface area contributed by atoms with Gasteiger partial charge in [-0.2, -0.15) is 0 Å². The van der Waals surface area contributed by atoms with E-state index in [2.05, 4.69) is 5.32 Å². The maximum Gasteiger partial charge on any atom is 0.255 e. The minimum absolute atomic E-state index is 0.275. The largest absolute Gasteiger partial charge is 0.366 e. The molecule has 2 amide bonds. The van der Waals surface area contributed by atoms with Crippen LogP contribution < -0.4 is 11.1 Å².